The van der Waals surface area contributed by atoms with Crippen molar-refractivity contribution in [2.75, 3.05) is 7.11 Å². The highest BCUT2D eigenvalue weighted by Gasteiger charge is 2.50. The van der Waals surface area contributed by atoms with Crippen LogP contribution in [0.3, 0.4) is 0 Å². The van der Waals surface area contributed by atoms with Crippen LogP contribution in [0.1, 0.15) is 13.8 Å². The van der Waals surface area contributed by atoms with E-state index in [0.717, 1.165) is 21.0 Å². The molecule has 0 heterocycles. The Labute approximate surface area is 86.2 Å². The number of alkyl halides is 3. The van der Waals surface area contributed by atoms with E-state index in [0.29, 0.717) is 0 Å². The third kappa shape index (κ3) is 3.34. The van der Waals surface area contributed by atoms with Crippen molar-refractivity contribution in [3.05, 3.63) is 0 Å². The van der Waals surface area contributed by atoms with Crippen LogP contribution in [0.25, 0.3) is 0 Å². The second-order valence-corrected chi connectivity index (χ2v) is 3.23. The quantitative estimate of drug-likeness (QED) is 0.738. The van der Waals surface area contributed by atoms with Gasteiger partial charge in [0.15, 0.2) is 0 Å². The van der Waals surface area contributed by atoms with Crippen molar-refractivity contribution in [3.63, 3.8) is 0 Å². The smallest absolute Gasteiger partial charge is 0.404 e. The Hall–Kier alpha value is -0.490. The molecule has 0 aromatic rings. The van der Waals surface area contributed by atoms with Crippen LogP contribution in [0.15, 0.2) is 0 Å². The lowest BCUT2D eigenvalue weighted by molar-refractivity contribution is -0.186. The fraction of sp³-hybridized carbons (Fsp3) is 0.857. The van der Waals surface area contributed by atoms with E-state index >= 15 is 0 Å². The van der Waals surface area contributed by atoms with Crippen LogP contribution < -0.4 is 5.73 Å². The summed E-state index contributed by atoms with van der Waals surface area (Å²) >= 11 is 0. The van der Waals surface area contributed by atoms with E-state index in [2.05, 4.69) is 4.74 Å². The Morgan fingerprint density at radius 2 is 1.71 bits per heavy atom. The molecule has 0 aromatic carbocycles. The summed E-state index contributed by atoms with van der Waals surface area (Å²) in [5, 5.41) is 0. The molecule has 0 aliphatic heterocycles. The molecule has 1 atom stereocenters. The molecule has 0 aromatic heterocycles. The number of methoxy groups -OCH3 is 1. The molecule has 0 amide bonds. The van der Waals surface area contributed by atoms with E-state index in [1.807, 2.05) is 0 Å². The lowest BCUT2D eigenvalue weighted by atomic mass is 9.84. The highest BCUT2D eigenvalue weighted by Crippen LogP contribution is 2.32. The number of hydrogen-bond acceptors (Lipinski definition) is 3. The summed E-state index contributed by atoms with van der Waals surface area (Å²) in [5.41, 5.74) is 3.12. The zero-order chi connectivity index (χ0) is 10.9. The van der Waals surface area contributed by atoms with Crippen LogP contribution >= 0.6 is 12.4 Å². The van der Waals surface area contributed by atoms with Crippen LogP contribution in [-0.4, -0.2) is 25.3 Å². The van der Waals surface area contributed by atoms with E-state index in [1.54, 1.807) is 0 Å². The van der Waals surface area contributed by atoms with E-state index in [1.165, 1.54) is 0 Å². The van der Waals surface area contributed by atoms with Crippen molar-refractivity contribution in [2.24, 2.45) is 11.1 Å². The Morgan fingerprint density at radius 3 is 1.93 bits per heavy atom. The van der Waals surface area contributed by atoms with Gasteiger partial charge in [-0.2, -0.15) is 13.2 Å². The summed E-state index contributed by atoms with van der Waals surface area (Å²) < 4.78 is 40.5. The summed E-state index contributed by atoms with van der Waals surface area (Å²) in [6, 6.07) is -2.22. The van der Waals surface area contributed by atoms with Crippen molar-refractivity contribution < 1.29 is 22.7 Å². The minimum Gasteiger partial charge on any atom is -0.469 e. The highest BCUT2D eigenvalue weighted by atomic mass is 35.5. The second-order valence-electron chi connectivity index (χ2n) is 3.23. The minimum atomic E-state index is -4.60. The van der Waals surface area contributed by atoms with Gasteiger partial charge in [-0.1, -0.05) is 0 Å². The van der Waals surface area contributed by atoms with Crippen molar-refractivity contribution in [1.29, 1.82) is 0 Å². The first-order chi connectivity index (χ1) is 5.64. The molecule has 0 unspecified atom stereocenters. The summed E-state index contributed by atoms with van der Waals surface area (Å²) in [6.45, 7) is 2.19. The van der Waals surface area contributed by atoms with Crippen molar-refractivity contribution in [3.8, 4) is 0 Å². The first-order valence-electron chi connectivity index (χ1n) is 3.54. The Bertz CT molecular complexity index is 206. The molecule has 0 aliphatic rings. The maximum atomic E-state index is 12.1. The summed E-state index contributed by atoms with van der Waals surface area (Å²) in [6.07, 6.45) is -4.60. The van der Waals surface area contributed by atoms with Gasteiger partial charge in [-0.05, 0) is 13.8 Å². The molecule has 2 N–H and O–H groups in total. The molecule has 0 fully saturated rings. The van der Waals surface area contributed by atoms with Gasteiger partial charge >= 0.3 is 12.1 Å². The van der Waals surface area contributed by atoms with E-state index in [4.69, 9.17) is 5.73 Å². The van der Waals surface area contributed by atoms with Gasteiger partial charge in [0.05, 0.1) is 12.5 Å². The summed E-state index contributed by atoms with van der Waals surface area (Å²) in [7, 11) is 1.02. The minimum absolute atomic E-state index is 0. The molecule has 7 heteroatoms. The first-order valence-corrected chi connectivity index (χ1v) is 3.54. The number of halogens is 4. The SMILES string of the molecule is COC(=O)C(C)(C)[C@@H](N)C(F)(F)F.Cl. The summed E-state index contributed by atoms with van der Waals surface area (Å²) in [5.74, 6) is -0.975. The third-order valence-corrected chi connectivity index (χ3v) is 1.84. The number of carbonyl (C=O) groups is 1. The highest BCUT2D eigenvalue weighted by molar-refractivity contribution is 5.85. The number of hydrogen-bond donors (Lipinski definition) is 1. The van der Waals surface area contributed by atoms with Gasteiger partial charge in [0.2, 0.25) is 0 Å². The van der Waals surface area contributed by atoms with Crippen LogP contribution in [0, 0.1) is 5.41 Å². The first kappa shape index (κ1) is 16.0. The number of ether oxygens (including phenoxy) is 1. The lowest BCUT2D eigenvalue weighted by Gasteiger charge is -2.29. The maximum absolute atomic E-state index is 12.1. The number of carbonyl (C=O) groups excluding carboxylic acids is 1. The maximum Gasteiger partial charge on any atom is 0.404 e. The molecule has 0 aliphatic carbocycles. The largest absolute Gasteiger partial charge is 0.469 e. The van der Waals surface area contributed by atoms with Crippen LogP contribution in [-0.2, 0) is 9.53 Å². The Balaban J connectivity index is 0. The number of rotatable bonds is 2. The molecular weight excluding hydrogens is 223 g/mol. The number of esters is 1. The Morgan fingerprint density at radius 1 is 1.36 bits per heavy atom. The second kappa shape index (κ2) is 4.84. The summed E-state index contributed by atoms with van der Waals surface area (Å²) in [4.78, 5) is 10.9. The molecule has 0 bridgehead atoms. The fourth-order valence-corrected chi connectivity index (χ4v) is 0.799. The fourth-order valence-electron chi connectivity index (χ4n) is 0.799. The number of nitrogens with two attached hydrogens (primary N) is 1. The van der Waals surface area contributed by atoms with Gasteiger partial charge in [0, 0.05) is 0 Å². The topological polar surface area (TPSA) is 52.3 Å². The molecule has 86 valence electrons. The van der Waals surface area contributed by atoms with Crippen LogP contribution in [0.2, 0.25) is 0 Å². The van der Waals surface area contributed by atoms with Crippen LogP contribution in [0.5, 0.6) is 0 Å². The monoisotopic (exact) mass is 235 g/mol. The van der Waals surface area contributed by atoms with Gasteiger partial charge in [-0.3, -0.25) is 4.79 Å². The van der Waals surface area contributed by atoms with Gasteiger partial charge in [0.25, 0.3) is 0 Å². The average Bonchev–Trinajstić information content (AvgIpc) is 1.99. The normalized spacial score (nSPS) is 14.2. The van der Waals surface area contributed by atoms with Gasteiger partial charge in [-0.15, -0.1) is 12.4 Å². The average molecular weight is 236 g/mol. The van der Waals surface area contributed by atoms with Crippen molar-refractivity contribution in [2.45, 2.75) is 26.1 Å². The molecule has 0 saturated heterocycles. The predicted octanol–water partition coefficient (Wildman–Crippen LogP) is 1.50. The third-order valence-electron chi connectivity index (χ3n) is 1.84. The van der Waals surface area contributed by atoms with Crippen LogP contribution in [0.4, 0.5) is 13.2 Å². The zero-order valence-electron chi connectivity index (χ0n) is 8.01. The van der Waals surface area contributed by atoms with Crippen molar-refractivity contribution >= 4 is 18.4 Å². The molecule has 14 heavy (non-hydrogen) atoms. The Kier molecular flexibility index (Phi) is 5.51. The lowest BCUT2D eigenvalue weighted by Crippen LogP contribution is -2.52. The molecule has 0 spiro atoms. The van der Waals surface area contributed by atoms with Gasteiger partial charge in [-0.25, -0.2) is 0 Å². The molecule has 0 rings (SSSR count). The molecule has 0 saturated carbocycles. The van der Waals surface area contributed by atoms with Gasteiger partial charge < -0.3 is 10.5 Å². The van der Waals surface area contributed by atoms with E-state index < -0.39 is 23.6 Å². The van der Waals surface area contributed by atoms with E-state index in [-0.39, 0.29) is 12.4 Å². The van der Waals surface area contributed by atoms with Gasteiger partial charge in [0.1, 0.15) is 6.04 Å². The molecular formula is C7H13ClF3NO2. The standard InChI is InChI=1S/C7H12F3NO2.ClH/c1-6(2,5(12)13-3)4(11)7(8,9)10;/h4H,11H2,1-3H3;1H/t4-;/m1./s1. The van der Waals surface area contributed by atoms with E-state index in [9.17, 15) is 18.0 Å². The molecule has 3 nitrogen and oxygen atoms in total. The van der Waals surface area contributed by atoms with Crippen molar-refractivity contribution in [1.82, 2.24) is 0 Å². The molecule has 0 radical (unpaired) electrons. The predicted molar refractivity (Wildman–Crippen MR) is 47.1 cm³/mol. The zero-order valence-corrected chi connectivity index (χ0v) is 8.83.